The summed E-state index contributed by atoms with van der Waals surface area (Å²) >= 11 is 0. The highest BCUT2D eigenvalue weighted by atomic mass is 16.7. The summed E-state index contributed by atoms with van der Waals surface area (Å²) in [5.41, 5.74) is 0. The molecule has 2 rings (SSSR count). The van der Waals surface area contributed by atoms with Crippen LogP contribution in [-0.4, -0.2) is 140 Å². The third-order valence-corrected chi connectivity index (χ3v) is 16.8. The summed E-state index contributed by atoms with van der Waals surface area (Å²) in [6, 6.07) is -0.926. The molecule has 0 bridgehead atoms. The van der Waals surface area contributed by atoms with Crippen molar-refractivity contribution in [1.82, 2.24) is 5.32 Å². The average Bonchev–Trinajstić information content (AvgIpc) is 3.60. The van der Waals surface area contributed by atoms with E-state index in [1.165, 1.54) is 225 Å². The highest BCUT2D eigenvalue weighted by molar-refractivity contribution is 5.76. The van der Waals surface area contributed by atoms with E-state index in [1.54, 1.807) is 6.08 Å². The molecule has 2 heterocycles. The van der Waals surface area contributed by atoms with Crippen molar-refractivity contribution in [2.75, 3.05) is 19.8 Å². The molecule has 14 heteroatoms. The number of nitrogens with one attached hydrogen (secondary N) is 1. The van der Waals surface area contributed by atoms with Crippen molar-refractivity contribution in [3.05, 3.63) is 36.5 Å². The highest BCUT2D eigenvalue weighted by Gasteiger charge is 2.51. The maximum Gasteiger partial charge on any atom is 0.220 e. The number of unbranched alkanes of at least 4 members (excludes halogenated alkanes) is 39. The van der Waals surface area contributed by atoms with E-state index in [4.69, 9.17) is 18.9 Å². The van der Waals surface area contributed by atoms with Gasteiger partial charge in [-0.05, 0) is 51.4 Å². The summed E-state index contributed by atoms with van der Waals surface area (Å²) in [6.45, 7) is 2.68. The lowest BCUT2D eigenvalue weighted by molar-refractivity contribution is -0.359. The largest absolute Gasteiger partial charge is 0.394 e. The average molecular weight is 1170 g/mol. The molecule has 0 aromatic carbocycles. The lowest BCUT2D eigenvalue weighted by Crippen LogP contribution is -2.65. The van der Waals surface area contributed by atoms with Crippen LogP contribution in [0.15, 0.2) is 36.5 Å². The number of rotatable bonds is 56. The summed E-state index contributed by atoms with van der Waals surface area (Å²) in [5, 5.41) is 86.7. The predicted octanol–water partition coefficient (Wildman–Crippen LogP) is 13.3. The number of aliphatic hydroxyl groups is 8. The van der Waals surface area contributed by atoms with Gasteiger partial charge in [-0.15, -0.1) is 0 Å². The Labute approximate surface area is 500 Å². The Hall–Kier alpha value is -1.79. The molecular weight excluding hydrogens is 1040 g/mol. The van der Waals surface area contributed by atoms with E-state index in [-0.39, 0.29) is 18.9 Å². The van der Waals surface area contributed by atoms with Crippen molar-refractivity contribution in [3.8, 4) is 0 Å². The molecule has 82 heavy (non-hydrogen) atoms. The highest BCUT2D eigenvalue weighted by Crippen LogP contribution is 2.30. The first-order chi connectivity index (χ1) is 40.1. The molecule has 2 aliphatic rings. The SMILES string of the molecule is CCC/C=C/CC/C=C/C(O)C(COC1OC(CO)C(OC2OC(CO)C(O)C(O)C2O)C(O)C1O)NC(=O)CCCCCCCCCCCCCCCCCCCCCCCCCCCCCCC/C=C\CCCCCCCCCC. The van der Waals surface area contributed by atoms with Crippen molar-refractivity contribution in [3.63, 3.8) is 0 Å². The monoisotopic (exact) mass is 1170 g/mol. The Morgan fingerprint density at radius 2 is 0.805 bits per heavy atom. The topological polar surface area (TPSA) is 228 Å². The van der Waals surface area contributed by atoms with Gasteiger partial charge in [0.15, 0.2) is 12.6 Å². The number of hydrogen-bond donors (Lipinski definition) is 9. The van der Waals surface area contributed by atoms with Crippen molar-refractivity contribution >= 4 is 5.91 Å². The van der Waals surface area contributed by atoms with Crippen LogP contribution in [0.2, 0.25) is 0 Å². The minimum absolute atomic E-state index is 0.249. The fourth-order valence-electron chi connectivity index (χ4n) is 11.3. The van der Waals surface area contributed by atoms with E-state index in [1.807, 2.05) is 6.08 Å². The molecule has 12 unspecified atom stereocenters. The zero-order valence-electron chi connectivity index (χ0n) is 52.2. The maximum atomic E-state index is 13.2. The molecule has 2 aliphatic heterocycles. The summed E-state index contributed by atoms with van der Waals surface area (Å²) < 4.78 is 22.7. The Kier molecular flexibility index (Phi) is 49.7. The number of allylic oxidation sites excluding steroid dienone is 5. The van der Waals surface area contributed by atoms with Gasteiger partial charge in [-0.1, -0.05) is 275 Å². The second-order valence-electron chi connectivity index (χ2n) is 24.3. The van der Waals surface area contributed by atoms with Crippen molar-refractivity contribution in [1.29, 1.82) is 0 Å². The second-order valence-corrected chi connectivity index (χ2v) is 24.3. The number of aliphatic hydroxyl groups excluding tert-OH is 8. The van der Waals surface area contributed by atoms with Gasteiger partial charge in [-0.25, -0.2) is 0 Å². The van der Waals surface area contributed by atoms with Crippen LogP contribution in [0.5, 0.6) is 0 Å². The van der Waals surface area contributed by atoms with Crippen LogP contribution in [0.1, 0.15) is 296 Å². The lowest BCUT2D eigenvalue weighted by Gasteiger charge is -2.46. The first-order valence-electron chi connectivity index (χ1n) is 34.2. The third kappa shape index (κ3) is 37.7. The van der Waals surface area contributed by atoms with Gasteiger partial charge < -0.3 is 65.1 Å². The zero-order chi connectivity index (χ0) is 59.5. The van der Waals surface area contributed by atoms with E-state index in [0.717, 1.165) is 38.5 Å². The Bertz CT molecular complexity index is 1510. The number of carbonyl (C=O) groups excluding carboxylic acids is 1. The van der Waals surface area contributed by atoms with Gasteiger partial charge in [0, 0.05) is 6.42 Å². The van der Waals surface area contributed by atoms with E-state index < -0.39 is 86.8 Å². The van der Waals surface area contributed by atoms with Gasteiger partial charge in [-0.3, -0.25) is 4.79 Å². The second kappa shape index (κ2) is 53.4. The van der Waals surface area contributed by atoms with Crippen LogP contribution in [0, 0.1) is 0 Å². The van der Waals surface area contributed by atoms with Crippen LogP contribution >= 0.6 is 0 Å². The fourth-order valence-corrected chi connectivity index (χ4v) is 11.3. The van der Waals surface area contributed by atoms with Crippen LogP contribution in [0.4, 0.5) is 0 Å². The van der Waals surface area contributed by atoms with Crippen LogP contribution in [-0.2, 0) is 23.7 Å². The number of ether oxygens (including phenoxy) is 4. The molecule has 0 radical (unpaired) electrons. The first-order valence-corrected chi connectivity index (χ1v) is 34.2. The van der Waals surface area contributed by atoms with Crippen molar-refractivity contribution in [2.24, 2.45) is 0 Å². The summed E-state index contributed by atoms with van der Waals surface area (Å²) in [4.78, 5) is 13.2. The fraction of sp³-hybridized carbons (Fsp3) is 0.897. The van der Waals surface area contributed by atoms with Gasteiger partial charge in [0.05, 0.1) is 32.0 Å². The summed E-state index contributed by atoms with van der Waals surface area (Å²) in [7, 11) is 0. The summed E-state index contributed by atoms with van der Waals surface area (Å²) in [5.74, 6) is -0.249. The molecule has 0 saturated carbocycles. The quantitative estimate of drug-likeness (QED) is 0.0204. The van der Waals surface area contributed by atoms with E-state index in [2.05, 4.69) is 43.5 Å². The molecule has 12 atom stereocenters. The Morgan fingerprint density at radius 1 is 0.427 bits per heavy atom. The van der Waals surface area contributed by atoms with Gasteiger partial charge in [-0.2, -0.15) is 0 Å². The third-order valence-electron chi connectivity index (χ3n) is 16.8. The van der Waals surface area contributed by atoms with Gasteiger partial charge in [0.2, 0.25) is 5.91 Å². The number of carbonyl (C=O) groups is 1. The standard InChI is InChI=1S/C68H127NO13/c1-3-5-7-9-11-12-13-14-15-16-17-18-19-20-21-22-23-24-25-26-27-28-29-30-31-32-33-34-35-36-37-38-39-40-41-42-43-44-46-48-50-52-60(73)69-56(57(72)51-49-47-45-10-8-6-4-2)55-79-67-65(78)63(76)66(59(54-71)81-67)82-68-64(77)62(75)61(74)58(53-70)80-68/h8,10,16-17,49,51,56-59,61-68,70-72,74-78H,3-7,9,11-15,18-48,50,52-55H2,1-2H3,(H,69,73)/b10-8+,17-16-,51-49+. The number of hydrogen-bond acceptors (Lipinski definition) is 13. The first kappa shape index (κ1) is 76.3. The van der Waals surface area contributed by atoms with Gasteiger partial charge in [0.1, 0.15) is 48.8 Å². The molecule has 0 aliphatic carbocycles. The Morgan fingerprint density at radius 3 is 1.24 bits per heavy atom. The summed E-state index contributed by atoms with van der Waals surface area (Å²) in [6.07, 6.45) is 51.7. The van der Waals surface area contributed by atoms with Crippen LogP contribution in [0.25, 0.3) is 0 Å². The van der Waals surface area contributed by atoms with Gasteiger partial charge in [0.25, 0.3) is 0 Å². The predicted molar refractivity (Wildman–Crippen MR) is 332 cm³/mol. The molecule has 1 amide bonds. The minimum atomic E-state index is -1.79. The molecule has 14 nitrogen and oxygen atoms in total. The normalized spacial score (nSPS) is 24.1. The maximum absolute atomic E-state index is 13.2. The molecule has 0 aromatic rings. The van der Waals surface area contributed by atoms with Gasteiger partial charge >= 0.3 is 0 Å². The Balaban J connectivity index is 1.46. The molecule has 0 aromatic heterocycles. The van der Waals surface area contributed by atoms with E-state index >= 15 is 0 Å². The molecule has 2 fully saturated rings. The van der Waals surface area contributed by atoms with Crippen molar-refractivity contribution < 1.29 is 64.6 Å². The van der Waals surface area contributed by atoms with E-state index in [9.17, 15) is 45.6 Å². The molecule has 482 valence electrons. The van der Waals surface area contributed by atoms with Crippen LogP contribution in [0.3, 0.4) is 0 Å². The molecule has 0 spiro atoms. The smallest absolute Gasteiger partial charge is 0.220 e. The molecule has 2 saturated heterocycles. The minimum Gasteiger partial charge on any atom is -0.394 e. The molecular formula is C68H127NO13. The number of amides is 1. The van der Waals surface area contributed by atoms with E-state index in [0.29, 0.717) is 12.8 Å². The lowest BCUT2D eigenvalue weighted by atomic mass is 9.97. The molecule has 9 N–H and O–H groups in total. The van der Waals surface area contributed by atoms with Crippen LogP contribution < -0.4 is 5.32 Å². The zero-order valence-corrected chi connectivity index (χ0v) is 52.2. The van der Waals surface area contributed by atoms with Crippen molar-refractivity contribution in [2.45, 2.75) is 370 Å².